The van der Waals surface area contributed by atoms with Crippen LogP contribution in [0.25, 0.3) is 11.8 Å². The topological polar surface area (TPSA) is 72.7 Å². The molecule has 6 nitrogen and oxygen atoms in total. The van der Waals surface area contributed by atoms with E-state index >= 15 is 0 Å². The number of nitrogens with zero attached hydrogens (tertiary/aromatic N) is 2. The van der Waals surface area contributed by atoms with Crippen molar-refractivity contribution < 1.29 is 14.3 Å². The van der Waals surface area contributed by atoms with Crippen LogP contribution in [-0.2, 0) is 9.53 Å². The second-order valence-electron chi connectivity index (χ2n) is 7.39. The lowest BCUT2D eigenvalue weighted by molar-refractivity contribution is -0.115. The number of benzene rings is 2. The highest BCUT2D eigenvalue weighted by atomic mass is 79.9. The predicted molar refractivity (Wildman–Crippen MR) is 136 cm³/mol. The summed E-state index contributed by atoms with van der Waals surface area (Å²) in [5.74, 6) is -0.500. The van der Waals surface area contributed by atoms with Gasteiger partial charge in [-0.3, -0.25) is 4.79 Å². The average Bonchev–Trinajstić information content (AvgIpc) is 3.28. The summed E-state index contributed by atoms with van der Waals surface area (Å²) in [6, 6.07) is 16.9. The number of rotatable bonds is 5. The number of aryl methyl sites for hydroxylation is 1. The van der Waals surface area contributed by atoms with E-state index in [0.717, 1.165) is 32.8 Å². The van der Waals surface area contributed by atoms with E-state index in [9.17, 15) is 9.59 Å². The number of amides is 1. The molecule has 1 saturated heterocycles. The van der Waals surface area contributed by atoms with E-state index in [-0.39, 0.29) is 11.9 Å². The number of halogens is 1. The summed E-state index contributed by atoms with van der Waals surface area (Å²) >= 11 is 4.73. The summed E-state index contributed by atoms with van der Waals surface area (Å²) in [4.78, 5) is 29.5. The standard InChI is InChI=1S/C25H22BrN3O3S/c1-4-32-24(31)17-5-11-21(12-6-17)29-15(2)13-18(16(29)3)14-22-23(30)28-25(33-22)27-20-9-7-19(26)8-10-20/h5-14H,4H2,1-3H3,(H,27,28,30)/b22-14-. The summed E-state index contributed by atoms with van der Waals surface area (Å²) < 4.78 is 8.12. The molecule has 0 atom stereocenters. The number of hydrogen-bond acceptors (Lipinski definition) is 5. The van der Waals surface area contributed by atoms with E-state index in [1.165, 1.54) is 11.8 Å². The van der Waals surface area contributed by atoms with Crippen molar-refractivity contribution >= 4 is 56.5 Å². The Morgan fingerprint density at radius 3 is 2.52 bits per heavy atom. The number of thioether (sulfide) groups is 1. The van der Waals surface area contributed by atoms with Gasteiger partial charge in [-0.25, -0.2) is 9.79 Å². The number of ether oxygens (including phenoxy) is 1. The van der Waals surface area contributed by atoms with E-state index in [0.29, 0.717) is 22.2 Å². The second kappa shape index (κ2) is 9.80. The molecule has 8 heteroatoms. The highest BCUT2D eigenvalue weighted by Crippen LogP contribution is 2.31. The lowest BCUT2D eigenvalue weighted by Gasteiger charge is -2.10. The average molecular weight is 524 g/mol. The maximum Gasteiger partial charge on any atom is 0.338 e. The van der Waals surface area contributed by atoms with Gasteiger partial charge >= 0.3 is 5.97 Å². The summed E-state index contributed by atoms with van der Waals surface area (Å²) in [5.41, 5.74) is 5.19. The van der Waals surface area contributed by atoms with Gasteiger partial charge in [0.1, 0.15) is 0 Å². The quantitative estimate of drug-likeness (QED) is 0.332. The summed E-state index contributed by atoms with van der Waals surface area (Å²) in [5, 5.41) is 3.38. The SMILES string of the molecule is CCOC(=O)c1ccc(-n2c(C)cc(/C=C3\SC(=Nc4ccc(Br)cc4)NC3=O)c2C)cc1. The van der Waals surface area contributed by atoms with Crippen LogP contribution in [-0.4, -0.2) is 28.2 Å². The monoisotopic (exact) mass is 523 g/mol. The van der Waals surface area contributed by atoms with Crippen LogP contribution in [0.5, 0.6) is 0 Å². The van der Waals surface area contributed by atoms with Crippen LogP contribution in [0.4, 0.5) is 5.69 Å². The number of carbonyl (C=O) groups excluding carboxylic acids is 2. The van der Waals surface area contributed by atoms with Crippen molar-refractivity contribution in [3.8, 4) is 5.69 Å². The van der Waals surface area contributed by atoms with Gasteiger partial charge in [0.05, 0.1) is 22.8 Å². The molecule has 2 heterocycles. The molecule has 1 aromatic heterocycles. The van der Waals surface area contributed by atoms with Gasteiger partial charge < -0.3 is 14.6 Å². The number of esters is 1. The third-order valence-electron chi connectivity index (χ3n) is 5.10. The van der Waals surface area contributed by atoms with Gasteiger partial charge in [-0.1, -0.05) is 15.9 Å². The predicted octanol–water partition coefficient (Wildman–Crippen LogP) is 5.92. The molecule has 2 aromatic carbocycles. The third kappa shape index (κ3) is 5.12. The van der Waals surface area contributed by atoms with Gasteiger partial charge in [0.2, 0.25) is 0 Å². The van der Waals surface area contributed by atoms with Gasteiger partial charge in [-0.2, -0.15) is 0 Å². The lowest BCUT2D eigenvalue weighted by atomic mass is 10.2. The maximum atomic E-state index is 12.5. The summed E-state index contributed by atoms with van der Waals surface area (Å²) in [7, 11) is 0. The number of carbonyl (C=O) groups is 2. The molecule has 1 amide bonds. The fraction of sp³-hybridized carbons (Fsp3) is 0.160. The fourth-order valence-electron chi connectivity index (χ4n) is 3.55. The van der Waals surface area contributed by atoms with E-state index in [4.69, 9.17) is 4.74 Å². The molecule has 4 rings (SSSR count). The molecule has 0 bridgehead atoms. The number of aliphatic imine (C=N–C) groups is 1. The minimum absolute atomic E-state index is 0.167. The molecular weight excluding hydrogens is 502 g/mol. The molecule has 3 aromatic rings. The van der Waals surface area contributed by atoms with Crippen molar-refractivity contribution in [2.24, 2.45) is 4.99 Å². The van der Waals surface area contributed by atoms with Crippen LogP contribution in [0, 0.1) is 13.8 Å². The van der Waals surface area contributed by atoms with Gasteiger partial charge in [-0.15, -0.1) is 0 Å². The Kier molecular flexibility index (Phi) is 6.85. The van der Waals surface area contributed by atoms with Gasteiger partial charge in [0.15, 0.2) is 5.17 Å². The Morgan fingerprint density at radius 1 is 1.15 bits per heavy atom. The molecule has 168 valence electrons. The normalized spacial score (nSPS) is 15.8. The van der Waals surface area contributed by atoms with Crippen molar-refractivity contribution in [1.29, 1.82) is 0 Å². The first-order valence-corrected chi connectivity index (χ1v) is 12.0. The van der Waals surface area contributed by atoms with E-state index in [1.54, 1.807) is 19.1 Å². The number of aromatic nitrogens is 1. The van der Waals surface area contributed by atoms with Gasteiger partial charge in [0.25, 0.3) is 5.91 Å². The van der Waals surface area contributed by atoms with Crippen molar-refractivity contribution in [2.45, 2.75) is 20.8 Å². The van der Waals surface area contributed by atoms with Crippen LogP contribution < -0.4 is 5.32 Å². The van der Waals surface area contributed by atoms with Crippen LogP contribution in [0.3, 0.4) is 0 Å². The Hall–Kier alpha value is -3.10. The molecule has 1 aliphatic rings. The van der Waals surface area contributed by atoms with Gasteiger partial charge in [0, 0.05) is 21.5 Å². The van der Waals surface area contributed by atoms with Crippen LogP contribution in [0.2, 0.25) is 0 Å². The zero-order valence-corrected chi connectivity index (χ0v) is 20.8. The van der Waals surface area contributed by atoms with Crippen molar-refractivity contribution in [3.63, 3.8) is 0 Å². The van der Waals surface area contributed by atoms with Crippen molar-refractivity contribution in [3.05, 3.63) is 86.5 Å². The Balaban J connectivity index is 1.58. The molecular formula is C25H22BrN3O3S. The Morgan fingerprint density at radius 2 is 1.85 bits per heavy atom. The Labute approximate surface area is 204 Å². The first-order valence-electron chi connectivity index (χ1n) is 10.4. The molecule has 0 saturated carbocycles. The third-order valence-corrected chi connectivity index (χ3v) is 6.54. The van der Waals surface area contributed by atoms with E-state index in [2.05, 4.69) is 30.8 Å². The number of nitrogens with one attached hydrogen (secondary N) is 1. The smallest absolute Gasteiger partial charge is 0.338 e. The highest BCUT2D eigenvalue weighted by molar-refractivity contribution is 9.10. The number of amidine groups is 1. The maximum absolute atomic E-state index is 12.5. The minimum Gasteiger partial charge on any atom is -0.462 e. The number of hydrogen-bond donors (Lipinski definition) is 1. The highest BCUT2D eigenvalue weighted by Gasteiger charge is 2.24. The van der Waals surface area contributed by atoms with Crippen LogP contribution >= 0.6 is 27.7 Å². The molecule has 0 spiro atoms. The minimum atomic E-state index is -0.333. The van der Waals surface area contributed by atoms with Crippen LogP contribution in [0.1, 0.15) is 34.2 Å². The molecule has 1 N–H and O–H groups in total. The molecule has 33 heavy (non-hydrogen) atoms. The zero-order chi connectivity index (χ0) is 23.5. The zero-order valence-electron chi connectivity index (χ0n) is 18.4. The van der Waals surface area contributed by atoms with Crippen molar-refractivity contribution in [2.75, 3.05) is 6.61 Å². The summed E-state index contributed by atoms with van der Waals surface area (Å²) in [6.07, 6.45) is 1.88. The van der Waals surface area contributed by atoms with Crippen LogP contribution in [0.15, 0.2) is 69.0 Å². The molecule has 0 unspecified atom stereocenters. The second-order valence-corrected chi connectivity index (χ2v) is 9.33. The Bertz CT molecular complexity index is 1280. The largest absolute Gasteiger partial charge is 0.462 e. The van der Waals surface area contributed by atoms with Gasteiger partial charge in [-0.05, 0) is 98.8 Å². The summed E-state index contributed by atoms with van der Waals surface area (Å²) in [6.45, 7) is 6.15. The first kappa shape index (κ1) is 23.1. The fourth-order valence-corrected chi connectivity index (χ4v) is 4.64. The van der Waals surface area contributed by atoms with E-state index in [1.807, 2.05) is 62.4 Å². The molecule has 1 aliphatic heterocycles. The lowest BCUT2D eigenvalue weighted by Crippen LogP contribution is -2.19. The molecule has 0 radical (unpaired) electrons. The van der Waals surface area contributed by atoms with E-state index < -0.39 is 0 Å². The molecule has 1 fully saturated rings. The van der Waals surface area contributed by atoms with Crippen molar-refractivity contribution in [1.82, 2.24) is 9.88 Å². The molecule has 0 aliphatic carbocycles. The first-order chi connectivity index (χ1) is 15.9.